The summed E-state index contributed by atoms with van der Waals surface area (Å²) in [4.78, 5) is 10.7. The number of carboxylic acids is 1. The van der Waals surface area contributed by atoms with E-state index in [1.807, 2.05) is 42.5 Å². The Balaban J connectivity index is 1.55. The topological polar surface area (TPSA) is 69.9 Å². The molecule has 0 aliphatic rings. The van der Waals surface area contributed by atoms with Gasteiger partial charge in [-0.05, 0) is 17.7 Å². The van der Waals surface area contributed by atoms with Crippen LogP contribution in [0.2, 0.25) is 0 Å². The second kappa shape index (κ2) is 6.94. The maximum absolute atomic E-state index is 10.7. The van der Waals surface area contributed by atoms with Crippen molar-refractivity contribution in [3.63, 3.8) is 0 Å². The average Bonchev–Trinajstić information content (AvgIpc) is 3.05. The maximum atomic E-state index is 10.7. The standard InChI is InChI=1S/C19H17NO3/c21-19(22)16-8-6-14(7-9-16)12-20-13-17-10-11-18(23-17)15-4-2-1-3-5-15/h1-11,20H,12-13H2,(H,21,22). The molecule has 116 valence electrons. The van der Waals surface area contributed by atoms with Gasteiger partial charge in [-0.2, -0.15) is 0 Å². The number of carbonyl (C=O) groups is 1. The fourth-order valence-corrected chi connectivity index (χ4v) is 2.40. The van der Waals surface area contributed by atoms with Crippen molar-refractivity contribution < 1.29 is 19.6 Å². The van der Waals surface area contributed by atoms with Crippen LogP contribution in [0.5, 0.6) is 0 Å². The second-order valence-electron chi connectivity index (χ2n) is 5.31. The Morgan fingerprint density at radius 3 is 2.35 bits per heavy atom. The first-order chi connectivity index (χ1) is 11.2. The summed E-state index contributed by atoms with van der Waals surface area (Å²) in [5, 5.41) is 12.8. The van der Waals surface area contributed by atoms with Crippen LogP contribution in [0.15, 0.2) is 71.1 Å². The molecule has 2 aromatic carbocycles. The molecule has 0 saturated carbocycles. The van der Waals surface area contributed by atoms with Gasteiger partial charge in [-0.25, -0.2) is 0 Å². The van der Waals surface area contributed by atoms with Gasteiger partial charge in [0.2, 0.25) is 0 Å². The van der Waals surface area contributed by atoms with Gasteiger partial charge in [0, 0.05) is 11.1 Å². The lowest BCUT2D eigenvalue weighted by Gasteiger charge is -2.04. The normalized spacial score (nSPS) is 10.6. The van der Waals surface area contributed by atoms with Gasteiger partial charge in [-0.1, -0.05) is 54.6 Å². The van der Waals surface area contributed by atoms with E-state index in [1.165, 1.54) is 0 Å². The highest BCUT2D eigenvalue weighted by atomic mass is 16.4. The molecule has 0 atom stereocenters. The molecule has 4 nitrogen and oxygen atoms in total. The Bertz CT molecular complexity index is 776. The molecule has 1 heterocycles. The molecule has 0 bridgehead atoms. The fourth-order valence-electron chi connectivity index (χ4n) is 2.40. The zero-order valence-electron chi connectivity index (χ0n) is 12.6. The summed E-state index contributed by atoms with van der Waals surface area (Å²) < 4.78 is 5.84. The van der Waals surface area contributed by atoms with Crippen LogP contribution in [0.25, 0.3) is 11.3 Å². The second-order valence-corrected chi connectivity index (χ2v) is 5.31. The number of rotatable bonds is 6. The van der Waals surface area contributed by atoms with Crippen LogP contribution in [-0.4, -0.2) is 5.97 Å². The fraction of sp³-hybridized carbons (Fsp3) is 0.105. The lowest BCUT2D eigenvalue weighted by molar-refractivity contribution is -0.687. The van der Waals surface area contributed by atoms with E-state index in [-0.39, 0.29) is 5.56 Å². The molecule has 3 rings (SSSR count). The van der Waals surface area contributed by atoms with E-state index in [2.05, 4.69) is 5.32 Å². The Hall–Kier alpha value is -2.85. The van der Waals surface area contributed by atoms with E-state index < -0.39 is 5.97 Å². The SMILES string of the molecule is O=C([O-])c1ccc(C[NH2+]Cc2ccc(-c3ccccc3)o2)cc1. The number of furan rings is 1. The van der Waals surface area contributed by atoms with Gasteiger partial charge in [0.05, 0.1) is 5.97 Å². The lowest BCUT2D eigenvalue weighted by atomic mass is 10.1. The van der Waals surface area contributed by atoms with Crippen LogP contribution < -0.4 is 10.4 Å². The predicted octanol–water partition coefficient (Wildman–Crippen LogP) is 1.57. The molecule has 0 saturated heterocycles. The minimum absolute atomic E-state index is 0.201. The molecule has 0 unspecified atom stereocenters. The maximum Gasteiger partial charge on any atom is 0.158 e. The van der Waals surface area contributed by atoms with Crippen LogP contribution in [0.4, 0.5) is 0 Å². The van der Waals surface area contributed by atoms with E-state index in [9.17, 15) is 9.90 Å². The molecule has 23 heavy (non-hydrogen) atoms. The van der Waals surface area contributed by atoms with Crippen molar-refractivity contribution in [2.45, 2.75) is 13.1 Å². The van der Waals surface area contributed by atoms with E-state index in [4.69, 9.17) is 4.42 Å². The molecule has 0 fully saturated rings. The summed E-state index contributed by atoms with van der Waals surface area (Å²) in [6.45, 7) is 1.49. The van der Waals surface area contributed by atoms with Crippen molar-refractivity contribution >= 4 is 5.97 Å². The van der Waals surface area contributed by atoms with Crippen LogP contribution in [-0.2, 0) is 13.1 Å². The number of nitrogens with two attached hydrogens (primary N) is 1. The number of carbonyl (C=O) groups excluding carboxylic acids is 1. The summed E-state index contributed by atoms with van der Waals surface area (Å²) in [7, 11) is 0. The van der Waals surface area contributed by atoms with Crippen molar-refractivity contribution in [2.75, 3.05) is 0 Å². The first-order valence-corrected chi connectivity index (χ1v) is 7.48. The number of carboxylic acid groups (broad SMARTS) is 1. The van der Waals surface area contributed by atoms with Crippen molar-refractivity contribution in [3.8, 4) is 11.3 Å². The van der Waals surface area contributed by atoms with Gasteiger partial charge in [0.1, 0.15) is 18.8 Å². The number of quaternary nitrogens is 1. The highest BCUT2D eigenvalue weighted by Crippen LogP contribution is 2.21. The molecular formula is C19H17NO3. The van der Waals surface area contributed by atoms with Gasteiger partial charge < -0.3 is 19.6 Å². The molecule has 1 aromatic heterocycles. The van der Waals surface area contributed by atoms with Crippen LogP contribution in [0, 0.1) is 0 Å². The molecule has 0 amide bonds. The summed E-state index contributed by atoms with van der Waals surface area (Å²) in [6, 6.07) is 20.7. The Labute approximate surface area is 134 Å². The van der Waals surface area contributed by atoms with E-state index in [0.29, 0.717) is 0 Å². The Morgan fingerprint density at radius 1 is 0.913 bits per heavy atom. The van der Waals surface area contributed by atoms with Gasteiger partial charge in [-0.15, -0.1) is 0 Å². The largest absolute Gasteiger partial charge is 0.545 e. The van der Waals surface area contributed by atoms with E-state index in [1.54, 1.807) is 24.3 Å². The lowest BCUT2D eigenvalue weighted by Crippen LogP contribution is -2.80. The predicted molar refractivity (Wildman–Crippen MR) is 84.2 cm³/mol. The Kier molecular flexibility index (Phi) is 4.54. The van der Waals surface area contributed by atoms with Gasteiger partial charge in [0.25, 0.3) is 0 Å². The monoisotopic (exact) mass is 307 g/mol. The first kappa shape index (κ1) is 15.1. The first-order valence-electron chi connectivity index (χ1n) is 7.48. The molecule has 4 heteroatoms. The molecular weight excluding hydrogens is 290 g/mol. The summed E-state index contributed by atoms with van der Waals surface area (Å²) >= 11 is 0. The molecule has 3 aromatic rings. The highest BCUT2D eigenvalue weighted by Gasteiger charge is 2.06. The third kappa shape index (κ3) is 3.87. The zero-order chi connectivity index (χ0) is 16.1. The minimum Gasteiger partial charge on any atom is -0.545 e. The summed E-state index contributed by atoms with van der Waals surface area (Å²) in [5.74, 6) is 0.632. The van der Waals surface area contributed by atoms with Crippen molar-refractivity contribution in [2.24, 2.45) is 0 Å². The van der Waals surface area contributed by atoms with Crippen LogP contribution >= 0.6 is 0 Å². The smallest absolute Gasteiger partial charge is 0.158 e. The third-order valence-electron chi connectivity index (χ3n) is 3.64. The number of benzene rings is 2. The van der Waals surface area contributed by atoms with Gasteiger partial charge in [-0.3, -0.25) is 0 Å². The van der Waals surface area contributed by atoms with Gasteiger partial charge in [0.15, 0.2) is 5.76 Å². The zero-order valence-corrected chi connectivity index (χ0v) is 12.6. The van der Waals surface area contributed by atoms with E-state index in [0.717, 1.165) is 35.7 Å². The highest BCUT2D eigenvalue weighted by molar-refractivity contribution is 5.85. The van der Waals surface area contributed by atoms with Crippen LogP contribution in [0.1, 0.15) is 21.7 Å². The van der Waals surface area contributed by atoms with Crippen molar-refractivity contribution in [1.82, 2.24) is 0 Å². The van der Waals surface area contributed by atoms with Crippen molar-refractivity contribution in [3.05, 3.63) is 83.6 Å². The summed E-state index contributed by atoms with van der Waals surface area (Å²) in [5.41, 5.74) is 2.33. The molecule has 0 spiro atoms. The summed E-state index contributed by atoms with van der Waals surface area (Å²) in [6.07, 6.45) is 0. The van der Waals surface area contributed by atoms with Crippen molar-refractivity contribution in [1.29, 1.82) is 0 Å². The minimum atomic E-state index is -1.15. The van der Waals surface area contributed by atoms with E-state index >= 15 is 0 Å². The average molecular weight is 307 g/mol. The quantitative estimate of drug-likeness (QED) is 0.751. The molecule has 0 aliphatic heterocycles. The molecule has 2 N–H and O–H groups in total. The number of hydrogen-bond acceptors (Lipinski definition) is 3. The van der Waals surface area contributed by atoms with Crippen LogP contribution in [0.3, 0.4) is 0 Å². The molecule has 0 aliphatic carbocycles. The third-order valence-corrected chi connectivity index (χ3v) is 3.64. The number of hydrogen-bond donors (Lipinski definition) is 1. The number of aromatic carboxylic acids is 1. The Morgan fingerprint density at radius 2 is 1.65 bits per heavy atom. The van der Waals surface area contributed by atoms with Gasteiger partial charge >= 0.3 is 0 Å². The molecule has 0 radical (unpaired) electrons.